The molecule has 3 heterocycles. The smallest absolute Gasteiger partial charge is 0.228 e. The molecule has 0 aromatic carbocycles. The van der Waals surface area contributed by atoms with E-state index >= 15 is 0 Å². The molecule has 0 saturated heterocycles. The summed E-state index contributed by atoms with van der Waals surface area (Å²) in [6.07, 6.45) is 7.96. The van der Waals surface area contributed by atoms with Crippen LogP contribution < -0.4 is 10.6 Å². The van der Waals surface area contributed by atoms with Gasteiger partial charge in [-0.2, -0.15) is 5.10 Å². The van der Waals surface area contributed by atoms with Crippen LogP contribution in [0.15, 0.2) is 30.9 Å². The van der Waals surface area contributed by atoms with E-state index in [9.17, 15) is 4.79 Å². The molecule has 1 fully saturated rings. The molecule has 4 rings (SSSR count). The largest absolute Gasteiger partial charge is 0.373 e. The van der Waals surface area contributed by atoms with E-state index in [0.29, 0.717) is 11.7 Å². The summed E-state index contributed by atoms with van der Waals surface area (Å²) < 4.78 is 1.71. The molecule has 0 aliphatic heterocycles. The summed E-state index contributed by atoms with van der Waals surface area (Å²) in [6.45, 7) is 2.08. The lowest BCUT2D eigenvalue weighted by molar-refractivity contribution is -0.117. The normalized spacial score (nSPS) is 17.9. The Bertz CT molecular complexity index is 1090. The van der Waals surface area contributed by atoms with Crippen molar-refractivity contribution in [2.45, 2.75) is 13.3 Å². The van der Waals surface area contributed by atoms with Gasteiger partial charge in [0.05, 0.1) is 17.3 Å². The third-order valence-corrected chi connectivity index (χ3v) is 4.75. The number of carbonyl (C=O) groups is 1. The lowest BCUT2D eigenvalue weighted by Gasteiger charge is -2.09. The molecule has 1 amide bonds. The highest BCUT2D eigenvalue weighted by Gasteiger charge is 2.39. The molecule has 7 nitrogen and oxygen atoms in total. The van der Waals surface area contributed by atoms with Crippen LogP contribution >= 0.6 is 0 Å². The van der Waals surface area contributed by atoms with E-state index in [1.165, 1.54) is 0 Å². The van der Waals surface area contributed by atoms with E-state index in [2.05, 4.69) is 44.5 Å². The minimum Gasteiger partial charge on any atom is -0.373 e. The number of amides is 1. The Morgan fingerprint density at radius 1 is 1.22 bits per heavy atom. The maximum Gasteiger partial charge on any atom is 0.228 e. The number of aryl methyl sites for hydroxylation is 1. The lowest BCUT2D eigenvalue weighted by Crippen LogP contribution is -2.15. The molecule has 0 unspecified atom stereocenters. The van der Waals surface area contributed by atoms with Gasteiger partial charge in [0.1, 0.15) is 11.6 Å². The molecule has 7 heteroatoms. The standard InChI is InChI=1S/C20H20N6O/c1-12-6-15(12)20(27)25-18-7-16-14(5-4-13-8-24-26(3)11-13)9-23-19(21-2)17(16)10-22-18/h7-12,15H,6H2,1-3H3,(H,21,23)(H,22,25,27)/t12-,15+/m1/s1. The second-order valence-electron chi connectivity index (χ2n) is 6.85. The van der Waals surface area contributed by atoms with Gasteiger partial charge in [-0.15, -0.1) is 0 Å². The number of nitrogens with zero attached hydrogens (tertiary/aromatic N) is 4. The fraction of sp³-hybridized carbons (Fsp3) is 0.300. The molecule has 3 aromatic heterocycles. The number of hydrogen-bond donors (Lipinski definition) is 2. The molecule has 27 heavy (non-hydrogen) atoms. The number of fused-ring (bicyclic) bond motifs is 1. The van der Waals surface area contributed by atoms with Gasteiger partial charge in [-0.05, 0) is 18.4 Å². The van der Waals surface area contributed by atoms with Crippen LogP contribution in [0.2, 0.25) is 0 Å². The summed E-state index contributed by atoms with van der Waals surface area (Å²) in [5, 5.41) is 11.9. The summed E-state index contributed by atoms with van der Waals surface area (Å²) in [4.78, 5) is 21.0. The number of aromatic nitrogens is 4. The second kappa shape index (κ2) is 6.72. The zero-order valence-electron chi connectivity index (χ0n) is 15.4. The molecule has 1 saturated carbocycles. The first-order valence-corrected chi connectivity index (χ1v) is 8.83. The van der Waals surface area contributed by atoms with Crippen molar-refractivity contribution in [1.29, 1.82) is 0 Å². The van der Waals surface area contributed by atoms with Crippen molar-refractivity contribution in [3.8, 4) is 11.8 Å². The van der Waals surface area contributed by atoms with Crippen molar-refractivity contribution in [1.82, 2.24) is 19.7 Å². The highest BCUT2D eigenvalue weighted by molar-refractivity contribution is 5.99. The Morgan fingerprint density at radius 3 is 2.70 bits per heavy atom. The molecular formula is C20H20N6O. The molecule has 0 bridgehead atoms. The van der Waals surface area contributed by atoms with Crippen LogP contribution in [0, 0.1) is 23.7 Å². The first-order valence-electron chi connectivity index (χ1n) is 8.83. The van der Waals surface area contributed by atoms with Crippen LogP contribution in [0.4, 0.5) is 11.6 Å². The van der Waals surface area contributed by atoms with E-state index < -0.39 is 0 Å². The molecule has 3 aromatic rings. The van der Waals surface area contributed by atoms with E-state index in [0.717, 1.165) is 34.1 Å². The van der Waals surface area contributed by atoms with Gasteiger partial charge in [0, 0.05) is 49.4 Å². The molecule has 1 aliphatic carbocycles. The van der Waals surface area contributed by atoms with Crippen LogP contribution in [0.3, 0.4) is 0 Å². The minimum atomic E-state index is 0.0280. The van der Waals surface area contributed by atoms with Crippen LogP contribution in [-0.2, 0) is 11.8 Å². The van der Waals surface area contributed by atoms with Crippen molar-refractivity contribution in [3.05, 3.63) is 42.0 Å². The van der Waals surface area contributed by atoms with E-state index in [1.807, 2.05) is 26.4 Å². The maximum absolute atomic E-state index is 12.2. The van der Waals surface area contributed by atoms with E-state index in [1.54, 1.807) is 23.3 Å². The molecule has 0 spiro atoms. The van der Waals surface area contributed by atoms with Gasteiger partial charge in [0.2, 0.25) is 5.91 Å². The molecule has 2 atom stereocenters. The van der Waals surface area contributed by atoms with E-state index in [-0.39, 0.29) is 11.8 Å². The summed E-state index contributed by atoms with van der Waals surface area (Å²) in [5.41, 5.74) is 1.60. The third kappa shape index (κ3) is 3.47. The third-order valence-electron chi connectivity index (χ3n) is 4.75. The number of rotatable bonds is 3. The Kier molecular flexibility index (Phi) is 4.24. The summed E-state index contributed by atoms with van der Waals surface area (Å²) in [7, 11) is 3.66. The molecular weight excluding hydrogens is 340 g/mol. The van der Waals surface area contributed by atoms with Crippen molar-refractivity contribution in [2.24, 2.45) is 18.9 Å². The lowest BCUT2D eigenvalue weighted by atomic mass is 10.1. The Morgan fingerprint density at radius 2 is 2.04 bits per heavy atom. The van der Waals surface area contributed by atoms with Crippen LogP contribution in [0.5, 0.6) is 0 Å². The molecule has 0 radical (unpaired) electrons. The van der Waals surface area contributed by atoms with Crippen molar-refractivity contribution < 1.29 is 4.79 Å². The maximum atomic E-state index is 12.2. The predicted octanol–water partition coefficient (Wildman–Crippen LogP) is 2.40. The summed E-state index contributed by atoms with van der Waals surface area (Å²) in [5.74, 6) is 8.09. The highest BCUT2D eigenvalue weighted by Crippen LogP contribution is 2.38. The van der Waals surface area contributed by atoms with Crippen LogP contribution in [0.25, 0.3) is 10.8 Å². The SMILES string of the molecule is CNc1ncc(C#Cc2cnn(C)c2)c2cc(NC(=O)[C@H]3C[C@H]3C)ncc12. The number of nitrogens with one attached hydrogen (secondary N) is 2. The van der Waals surface area contributed by atoms with Crippen LogP contribution in [0.1, 0.15) is 24.5 Å². The number of carbonyl (C=O) groups excluding carboxylic acids is 1. The second-order valence-corrected chi connectivity index (χ2v) is 6.85. The van der Waals surface area contributed by atoms with Gasteiger partial charge < -0.3 is 10.6 Å². The van der Waals surface area contributed by atoms with Crippen molar-refractivity contribution >= 4 is 28.3 Å². The average molecular weight is 360 g/mol. The monoisotopic (exact) mass is 360 g/mol. The zero-order chi connectivity index (χ0) is 19.0. The fourth-order valence-corrected chi connectivity index (χ4v) is 3.03. The average Bonchev–Trinajstić information content (AvgIpc) is 3.26. The Labute approximate surface area is 157 Å². The summed E-state index contributed by atoms with van der Waals surface area (Å²) in [6, 6.07) is 1.86. The summed E-state index contributed by atoms with van der Waals surface area (Å²) >= 11 is 0. The van der Waals surface area contributed by atoms with Crippen LogP contribution in [-0.4, -0.2) is 32.7 Å². The topological polar surface area (TPSA) is 84.7 Å². The fourth-order valence-electron chi connectivity index (χ4n) is 3.03. The number of hydrogen-bond acceptors (Lipinski definition) is 5. The van der Waals surface area contributed by atoms with Gasteiger partial charge in [-0.1, -0.05) is 18.8 Å². The molecule has 2 N–H and O–H groups in total. The Hall–Kier alpha value is -3.40. The van der Waals surface area contributed by atoms with E-state index in [4.69, 9.17) is 0 Å². The van der Waals surface area contributed by atoms with Gasteiger partial charge in [-0.25, -0.2) is 9.97 Å². The van der Waals surface area contributed by atoms with Gasteiger partial charge >= 0.3 is 0 Å². The number of anilines is 2. The van der Waals surface area contributed by atoms with Gasteiger partial charge in [-0.3, -0.25) is 9.48 Å². The zero-order valence-corrected chi connectivity index (χ0v) is 15.4. The first-order chi connectivity index (χ1) is 13.0. The first kappa shape index (κ1) is 17.0. The van der Waals surface area contributed by atoms with Crippen molar-refractivity contribution in [3.63, 3.8) is 0 Å². The minimum absolute atomic E-state index is 0.0280. The highest BCUT2D eigenvalue weighted by atomic mass is 16.2. The predicted molar refractivity (Wildman–Crippen MR) is 104 cm³/mol. The molecule has 1 aliphatic rings. The Balaban J connectivity index is 1.72. The quantitative estimate of drug-likeness (QED) is 0.701. The molecule has 136 valence electrons. The number of pyridine rings is 2. The van der Waals surface area contributed by atoms with Gasteiger partial charge in [0.25, 0.3) is 0 Å². The van der Waals surface area contributed by atoms with Gasteiger partial charge in [0.15, 0.2) is 0 Å². The van der Waals surface area contributed by atoms with Crippen molar-refractivity contribution in [2.75, 3.05) is 17.7 Å².